The van der Waals surface area contributed by atoms with Gasteiger partial charge in [0.15, 0.2) is 0 Å². The van der Waals surface area contributed by atoms with Crippen LogP contribution in [0, 0.1) is 5.41 Å². The van der Waals surface area contributed by atoms with E-state index in [1.807, 2.05) is 12.1 Å². The summed E-state index contributed by atoms with van der Waals surface area (Å²) in [5, 5.41) is 0. The molecule has 1 aliphatic rings. The molecular weight excluding hydrogens is 302 g/mol. The second-order valence-corrected chi connectivity index (χ2v) is 6.84. The SMILES string of the molecule is COc1ccc(Br)c(CC(N)C2(C)CCCCC2)c1. The normalized spacial score (nSPS) is 20.0. The summed E-state index contributed by atoms with van der Waals surface area (Å²) >= 11 is 3.62. The van der Waals surface area contributed by atoms with Crippen molar-refractivity contribution in [2.45, 2.75) is 51.5 Å². The van der Waals surface area contributed by atoms with Crippen molar-refractivity contribution >= 4 is 15.9 Å². The zero-order valence-electron chi connectivity index (χ0n) is 11.9. The summed E-state index contributed by atoms with van der Waals surface area (Å²) in [4.78, 5) is 0. The Morgan fingerprint density at radius 2 is 2.00 bits per heavy atom. The molecule has 3 heteroatoms. The van der Waals surface area contributed by atoms with Crippen molar-refractivity contribution in [1.29, 1.82) is 0 Å². The van der Waals surface area contributed by atoms with E-state index in [2.05, 4.69) is 28.9 Å². The van der Waals surface area contributed by atoms with Gasteiger partial charge in [-0.3, -0.25) is 0 Å². The van der Waals surface area contributed by atoms with Gasteiger partial charge in [0, 0.05) is 10.5 Å². The second kappa shape index (κ2) is 6.27. The van der Waals surface area contributed by atoms with Gasteiger partial charge >= 0.3 is 0 Å². The molecule has 1 saturated carbocycles. The van der Waals surface area contributed by atoms with Crippen molar-refractivity contribution < 1.29 is 4.74 Å². The van der Waals surface area contributed by atoms with E-state index in [0.717, 1.165) is 16.6 Å². The predicted molar refractivity (Wildman–Crippen MR) is 83.6 cm³/mol. The van der Waals surface area contributed by atoms with Crippen LogP contribution in [0.5, 0.6) is 5.75 Å². The van der Waals surface area contributed by atoms with E-state index < -0.39 is 0 Å². The lowest BCUT2D eigenvalue weighted by Gasteiger charge is -2.39. The van der Waals surface area contributed by atoms with E-state index >= 15 is 0 Å². The first-order chi connectivity index (χ1) is 9.05. The summed E-state index contributed by atoms with van der Waals surface area (Å²) in [5.74, 6) is 0.902. The minimum Gasteiger partial charge on any atom is -0.497 e. The number of benzene rings is 1. The maximum Gasteiger partial charge on any atom is 0.119 e. The molecule has 1 aliphatic carbocycles. The summed E-state index contributed by atoms with van der Waals surface area (Å²) in [7, 11) is 1.70. The average molecular weight is 326 g/mol. The van der Waals surface area contributed by atoms with Crippen molar-refractivity contribution in [1.82, 2.24) is 0 Å². The van der Waals surface area contributed by atoms with Crippen LogP contribution >= 0.6 is 15.9 Å². The van der Waals surface area contributed by atoms with E-state index in [0.29, 0.717) is 5.41 Å². The molecular formula is C16H24BrNO. The molecule has 2 nitrogen and oxygen atoms in total. The lowest BCUT2D eigenvalue weighted by Crippen LogP contribution is -2.42. The topological polar surface area (TPSA) is 35.2 Å². The Hall–Kier alpha value is -0.540. The van der Waals surface area contributed by atoms with Crippen LogP contribution in [0.15, 0.2) is 22.7 Å². The van der Waals surface area contributed by atoms with Crippen LogP contribution in [0.2, 0.25) is 0 Å². The fourth-order valence-electron chi connectivity index (χ4n) is 3.05. The van der Waals surface area contributed by atoms with Gasteiger partial charge in [0.1, 0.15) is 5.75 Å². The molecule has 1 aromatic carbocycles. The first-order valence-electron chi connectivity index (χ1n) is 7.13. The zero-order valence-corrected chi connectivity index (χ0v) is 13.5. The number of nitrogens with two attached hydrogens (primary N) is 1. The van der Waals surface area contributed by atoms with Gasteiger partial charge in [0.25, 0.3) is 0 Å². The standard InChI is InChI=1S/C16H24BrNO/c1-16(8-4-3-5-9-16)15(18)11-12-10-13(19-2)6-7-14(12)17/h6-7,10,15H,3-5,8-9,11,18H2,1-2H3. The van der Waals surface area contributed by atoms with Crippen molar-refractivity contribution in [3.63, 3.8) is 0 Å². The molecule has 19 heavy (non-hydrogen) atoms. The van der Waals surface area contributed by atoms with E-state index in [-0.39, 0.29) is 6.04 Å². The molecule has 0 heterocycles. The largest absolute Gasteiger partial charge is 0.497 e. The third kappa shape index (κ3) is 3.51. The van der Waals surface area contributed by atoms with Gasteiger partial charge in [-0.1, -0.05) is 42.1 Å². The highest BCUT2D eigenvalue weighted by Gasteiger charge is 2.33. The van der Waals surface area contributed by atoms with Gasteiger partial charge in [-0.25, -0.2) is 0 Å². The molecule has 1 fully saturated rings. The summed E-state index contributed by atoms with van der Waals surface area (Å²) in [6.45, 7) is 2.35. The minimum atomic E-state index is 0.219. The van der Waals surface area contributed by atoms with Crippen LogP contribution in [-0.4, -0.2) is 13.2 Å². The molecule has 0 aromatic heterocycles. The highest BCUT2D eigenvalue weighted by Crippen LogP contribution is 2.39. The van der Waals surface area contributed by atoms with Gasteiger partial charge in [0.05, 0.1) is 7.11 Å². The molecule has 0 saturated heterocycles. The molecule has 0 bridgehead atoms. The summed E-state index contributed by atoms with van der Waals surface area (Å²) in [5.41, 5.74) is 8.05. The zero-order chi connectivity index (χ0) is 13.9. The molecule has 1 aromatic rings. The average Bonchev–Trinajstić information content (AvgIpc) is 2.42. The van der Waals surface area contributed by atoms with Gasteiger partial charge in [-0.05, 0) is 48.4 Å². The monoisotopic (exact) mass is 325 g/mol. The highest BCUT2D eigenvalue weighted by molar-refractivity contribution is 9.10. The van der Waals surface area contributed by atoms with Crippen LogP contribution in [0.4, 0.5) is 0 Å². The van der Waals surface area contributed by atoms with E-state index in [1.165, 1.54) is 37.7 Å². The lowest BCUT2D eigenvalue weighted by molar-refractivity contribution is 0.168. The van der Waals surface area contributed by atoms with Crippen LogP contribution in [0.25, 0.3) is 0 Å². The molecule has 106 valence electrons. The Kier molecular flexibility index (Phi) is 4.91. The summed E-state index contributed by atoms with van der Waals surface area (Å²) in [6.07, 6.45) is 7.44. The van der Waals surface area contributed by atoms with Crippen LogP contribution < -0.4 is 10.5 Å². The number of methoxy groups -OCH3 is 1. The molecule has 1 unspecified atom stereocenters. The third-order valence-electron chi connectivity index (χ3n) is 4.58. The van der Waals surface area contributed by atoms with Gasteiger partial charge in [-0.2, -0.15) is 0 Å². The molecule has 0 spiro atoms. The minimum absolute atomic E-state index is 0.219. The molecule has 2 rings (SSSR count). The number of hydrogen-bond donors (Lipinski definition) is 1. The maximum absolute atomic E-state index is 6.51. The lowest BCUT2D eigenvalue weighted by atomic mass is 9.69. The Morgan fingerprint density at radius 3 is 2.63 bits per heavy atom. The Labute approximate surface area is 124 Å². The maximum atomic E-state index is 6.51. The first-order valence-corrected chi connectivity index (χ1v) is 7.92. The molecule has 1 atom stereocenters. The first kappa shape index (κ1) is 14.9. The third-order valence-corrected chi connectivity index (χ3v) is 5.36. The smallest absolute Gasteiger partial charge is 0.119 e. The quantitative estimate of drug-likeness (QED) is 0.895. The molecule has 0 amide bonds. The fraction of sp³-hybridized carbons (Fsp3) is 0.625. The Morgan fingerprint density at radius 1 is 1.32 bits per heavy atom. The van der Waals surface area contributed by atoms with Gasteiger partial charge in [-0.15, -0.1) is 0 Å². The fourth-order valence-corrected chi connectivity index (χ4v) is 3.46. The van der Waals surface area contributed by atoms with Crippen LogP contribution in [-0.2, 0) is 6.42 Å². The summed E-state index contributed by atoms with van der Waals surface area (Å²) in [6, 6.07) is 6.33. The highest BCUT2D eigenvalue weighted by atomic mass is 79.9. The molecule has 0 aliphatic heterocycles. The predicted octanol–water partition coefficient (Wildman–Crippen LogP) is 4.30. The van der Waals surface area contributed by atoms with Crippen molar-refractivity contribution in [3.05, 3.63) is 28.2 Å². The van der Waals surface area contributed by atoms with Crippen molar-refractivity contribution in [3.8, 4) is 5.75 Å². The number of ether oxygens (including phenoxy) is 1. The van der Waals surface area contributed by atoms with Crippen molar-refractivity contribution in [2.75, 3.05) is 7.11 Å². The number of hydrogen-bond acceptors (Lipinski definition) is 2. The van der Waals surface area contributed by atoms with E-state index in [4.69, 9.17) is 10.5 Å². The van der Waals surface area contributed by atoms with Gasteiger partial charge in [0.2, 0.25) is 0 Å². The Balaban J connectivity index is 2.11. The Bertz CT molecular complexity index is 427. The number of rotatable bonds is 4. The van der Waals surface area contributed by atoms with Gasteiger partial charge < -0.3 is 10.5 Å². The molecule has 0 radical (unpaired) electrons. The van der Waals surface area contributed by atoms with Crippen LogP contribution in [0.1, 0.15) is 44.6 Å². The molecule has 2 N–H and O–H groups in total. The van der Waals surface area contributed by atoms with E-state index in [1.54, 1.807) is 7.11 Å². The van der Waals surface area contributed by atoms with Crippen LogP contribution in [0.3, 0.4) is 0 Å². The van der Waals surface area contributed by atoms with Crippen molar-refractivity contribution in [2.24, 2.45) is 11.1 Å². The number of halogens is 1. The summed E-state index contributed by atoms with van der Waals surface area (Å²) < 4.78 is 6.43. The van der Waals surface area contributed by atoms with E-state index in [9.17, 15) is 0 Å². The second-order valence-electron chi connectivity index (χ2n) is 5.98.